The van der Waals surface area contributed by atoms with Crippen LogP contribution in [0.1, 0.15) is 23.5 Å². The van der Waals surface area contributed by atoms with Gasteiger partial charge in [-0.05, 0) is 30.5 Å². The first kappa shape index (κ1) is 11.0. The summed E-state index contributed by atoms with van der Waals surface area (Å²) >= 11 is 0. The third kappa shape index (κ3) is 2.02. The Bertz CT molecular complexity index is 417. The maximum absolute atomic E-state index is 10.7. The molecule has 1 aliphatic rings. The Labute approximate surface area is 94.5 Å². The number of nitrogens with two attached hydrogens (primary N) is 1. The van der Waals surface area contributed by atoms with Crippen molar-refractivity contribution in [1.29, 1.82) is 0 Å². The van der Waals surface area contributed by atoms with Crippen LogP contribution in [0.25, 0.3) is 0 Å². The number of hydrogen-bond donors (Lipinski definition) is 3. The van der Waals surface area contributed by atoms with Crippen LogP contribution in [0.15, 0.2) is 18.2 Å². The van der Waals surface area contributed by atoms with Gasteiger partial charge in [-0.2, -0.15) is 0 Å². The van der Waals surface area contributed by atoms with Gasteiger partial charge in [-0.1, -0.05) is 12.1 Å². The molecular weight excluding hydrogens is 204 g/mol. The summed E-state index contributed by atoms with van der Waals surface area (Å²) in [5.41, 5.74) is 9.06. The van der Waals surface area contributed by atoms with Crippen LogP contribution in [0, 0.1) is 6.92 Å². The number of aliphatic carboxylic acids is 1. The molecule has 4 nitrogen and oxygen atoms in total. The molecule has 1 aromatic rings. The van der Waals surface area contributed by atoms with Crippen LogP contribution >= 0.6 is 0 Å². The molecule has 0 saturated heterocycles. The molecule has 0 fully saturated rings. The molecule has 1 aliphatic heterocycles. The monoisotopic (exact) mass is 220 g/mol. The first-order valence-corrected chi connectivity index (χ1v) is 5.40. The molecule has 4 heteroatoms. The van der Waals surface area contributed by atoms with Gasteiger partial charge in [0.05, 0.1) is 0 Å². The van der Waals surface area contributed by atoms with Crippen molar-refractivity contribution in [3.05, 3.63) is 29.3 Å². The maximum atomic E-state index is 10.7. The van der Waals surface area contributed by atoms with Gasteiger partial charge in [0, 0.05) is 18.2 Å². The predicted molar refractivity (Wildman–Crippen MR) is 62.6 cm³/mol. The number of fused-ring (bicyclic) bond motifs is 1. The van der Waals surface area contributed by atoms with Crippen LogP contribution in [0.2, 0.25) is 0 Å². The van der Waals surface area contributed by atoms with Crippen molar-refractivity contribution in [1.82, 2.24) is 0 Å². The van der Waals surface area contributed by atoms with Crippen LogP contribution in [0.5, 0.6) is 0 Å². The smallest absolute Gasteiger partial charge is 0.320 e. The average molecular weight is 220 g/mol. The van der Waals surface area contributed by atoms with Crippen molar-refractivity contribution in [3.63, 3.8) is 0 Å². The second-order valence-corrected chi connectivity index (χ2v) is 4.35. The lowest BCUT2D eigenvalue weighted by molar-refractivity contribution is -0.138. The summed E-state index contributed by atoms with van der Waals surface area (Å²) in [5.74, 6) is -0.720. The molecule has 1 heterocycles. The summed E-state index contributed by atoms with van der Waals surface area (Å²) in [7, 11) is 0. The topological polar surface area (TPSA) is 75.3 Å². The van der Waals surface area contributed by atoms with Gasteiger partial charge in [0.2, 0.25) is 0 Å². The molecule has 86 valence electrons. The van der Waals surface area contributed by atoms with E-state index in [0.717, 1.165) is 12.2 Å². The highest BCUT2D eigenvalue weighted by Gasteiger charge is 2.26. The highest BCUT2D eigenvalue weighted by molar-refractivity contribution is 5.73. The second kappa shape index (κ2) is 4.14. The van der Waals surface area contributed by atoms with E-state index in [1.807, 2.05) is 13.0 Å². The molecule has 2 atom stereocenters. The van der Waals surface area contributed by atoms with E-state index in [1.165, 1.54) is 11.1 Å². The Balaban J connectivity index is 2.15. The summed E-state index contributed by atoms with van der Waals surface area (Å²) in [5, 5.41) is 12.1. The fourth-order valence-electron chi connectivity index (χ4n) is 2.14. The van der Waals surface area contributed by atoms with Gasteiger partial charge >= 0.3 is 5.97 Å². The molecule has 0 bridgehead atoms. The standard InChI is InChI=1S/C12H16N2O2/c1-7-2-3-9-8(5-10(13)12(15)16)6-14-11(9)4-7/h2-4,8,10,14H,5-6,13H2,1H3,(H,15,16). The van der Waals surface area contributed by atoms with E-state index in [9.17, 15) is 4.79 Å². The Morgan fingerprint density at radius 3 is 3.12 bits per heavy atom. The van der Waals surface area contributed by atoms with Gasteiger partial charge < -0.3 is 16.2 Å². The zero-order valence-corrected chi connectivity index (χ0v) is 9.23. The van der Waals surface area contributed by atoms with Gasteiger partial charge in [0.1, 0.15) is 6.04 Å². The van der Waals surface area contributed by atoms with E-state index in [-0.39, 0.29) is 5.92 Å². The molecule has 0 saturated carbocycles. The molecule has 0 aromatic heterocycles. The van der Waals surface area contributed by atoms with Crippen molar-refractivity contribution in [3.8, 4) is 0 Å². The zero-order valence-electron chi connectivity index (χ0n) is 9.23. The number of carbonyl (C=O) groups is 1. The van der Waals surface area contributed by atoms with E-state index in [1.54, 1.807) is 0 Å². The maximum Gasteiger partial charge on any atom is 0.320 e. The summed E-state index contributed by atoms with van der Waals surface area (Å²) < 4.78 is 0. The number of benzene rings is 1. The van der Waals surface area contributed by atoms with Crippen LogP contribution < -0.4 is 11.1 Å². The predicted octanol–water partition coefficient (Wildman–Crippen LogP) is 1.31. The van der Waals surface area contributed by atoms with Gasteiger partial charge in [-0.25, -0.2) is 0 Å². The summed E-state index contributed by atoms with van der Waals surface area (Å²) in [6.45, 7) is 2.82. The van der Waals surface area contributed by atoms with Gasteiger partial charge in [0.25, 0.3) is 0 Å². The van der Waals surface area contributed by atoms with Crippen molar-refractivity contribution in [2.24, 2.45) is 5.73 Å². The fraction of sp³-hybridized carbons (Fsp3) is 0.417. The Kier molecular flexibility index (Phi) is 2.83. The SMILES string of the molecule is Cc1ccc2c(c1)NCC2CC(N)C(=O)O. The number of nitrogens with one attached hydrogen (secondary N) is 1. The molecule has 16 heavy (non-hydrogen) atoms. The van der Waals surface area contributed by atoms with Crippen LogP contribution in [-0.2, 0) is 4.79 Å². The molecule has 0 spiro atoms. The Hall–Kier alpha value is -1.55. The minimum atomic E-state index is -0.930. The van der Waals surface area contributed by atoms with Crippen molar-refractivity contribution >= 4 is 11.7 Å². The lowest BCUT2D eigenvalue weighted by atomic mass is 9.94. The number of carboxylic acid groups (broad SMARTS) is 1. The van der Waals surface area contributed by atoms with Crippen LogP contribution in [0.4, 0.5) is 5.69 Å². The second-order valence-electron chi connectivity index (χ2n) is 4.35. The summed E-state index contributed by atoms with van der Waals surface area (Å²) in [6, 6.07) is 5.41. The van der Waals surface area contributed by atoms with Crippen LogP contribution in [0.3, 0.4) is 0 Å². The minimum Gasteiger partial charge on any atom is -0.480 e. The van der Waals surface area contributed by atoms with Gasteiger partial charge in [-0.15, -0.1) is 0 Å². The molecule has 1 aromatic carbocycles. The zero-order chi connectivity index (χ0) is 11.7. The van der Waals surface area contributed by atoms with E-state index in [2.05, 4.69) is 17.4 Å². The number of carboxylic acids is 1. The van der Waals surface area contributed by atoms with Crippen molar-refractivity contribution in [2.75, 3.05) is 11.9 Å². The van der Waals surface area contributed by atoms with Gasteiger partial charge in [0.15, 0.2) is 0 Å². The molecule has 0 radical (unpaired) electrons. The third-order valence-electron chi connectivity index (χ3n) is 3.04. The molecule has 4 N–H and O–H groups in total. The molecule has 0 aliphatic carbocycles. The molecule has 2 unspecified atom stereocenters. The van der Waals surface area contributed by atoms with E-state index in [4.69, 9.17) is 10.8 Å². The molecular formula is C12H16N2O2. The third-order valence-corrected chi connectivity index (χ3v) is 3.04. The first-order valence-electron chi connectivity index (χ1n) is 5.40. The normalized spacial score (nSPS) is 20.0. The van der Waals surface area contributed by atoms with E-state index < -0.39 is 12.0 Å². The molecule has 2 rings (SSSR count). The summed E-state index contributed by atoms with van der Waals surface area (Å²) in [6.07, 6.45) is 0.485. The number of rotatable bonds is 3. The van der Waals surface area contributed by atoms with E-state index >= 15 is 0 Å². The van der Waals surface area contributed by atoms with E-state index in [0.29, 0.717) is 6.42 Å². The number of anilines is 1. The first-order chi connectivity index (χ1) is 7.58. The molecule has 0 amide bonds. The number of aryl methyl sites for hydroxylation is 1. The van der Waals surface area contributed by atoms with Gasteiger partial charge in [-0.3, -0.25) is 4.79 Å². The Morgan fingerprint density at radius 2 is 2.44 bits per heavy atom. The van der Waals surface area contributed by atoms with Crippen molar-refractivity contribution < 1.29 is 9.90 Å². The summed E-state index contributed by atoms with van der Waals surface area (Å²) in [4.78, 5) is 10.7. The largest absolute Gasteiger partial charge is 0.480 e. The van der Waals surface area contributed by atoms with Crippen molar-refractivity contribution in [2.45, 2.75) is 25.3 Å². The highest BCUT2D eigenvalue weighted by Crippen LogP contribution is 2.34. The highest BCUT2D eigenvalue weighted by atomic mass is 16.4. The quantitative estimate of drug-likeness (QED) is 0.717. The lowest BCUT2D eigenvalue weighted by Crippen LogP contribution is -2.32. The lowest BCUT2D eigenvalue weighted by Gasteiger charge is -2.13. The minimum absolute atomic E-state index is 0.210. The fourth-order valence-corrected chi connectivity index (χ4v) is 2.14. The number of hydrogen-bond acceptors (Lipinski definition) is 3. The van der Waals surface area contributed by atoms with Crippen LogP contribution in [-0.4, -0.2) is 23.7 Å². The Morgan fingerprint density at radius 1 is 1.69 bits per heavy atom. The average Bonchev–Trinajstić information content (AvgIpc) is 2.60.